The fourth-order valence-electron chi connectivity index (χ4n) is 2.19. The summed E-state index contributed by atoms with van der Waals surface area (Å²) in [6.45, 7) is 4.52. The Bertz CT molecular complexity index is 407. The van der Waals surface area contributed by atoms with Gasteiger partial charge in [0, 0.05) is 18.1 Å². The van der Waals surface area contributed by atoms with Crippen LogP contribution in [0.4, 0.5) is 0 Å². The first kappa shape index (κ1) is 11.0. The van der Waals surface area contributed by atoms with Gasteiger partial charge in [0.15, 0.2) is 0 Å². The van der Waals surface area contributed by atoms with E-state index in [1.807, 2.05) is 0 Å². The van der Waals surface area contributed by atoms with E-state index < -0.39 is 0 Å². The lowest BCUT2D eigenvalue weighted by molar-refractivity contribution is 0.642. The first-order valence-electron chi connectivity index (χ1n) is 6.08. The summed E-state index contributed by atoms with van der Waals surface area (Å²) >= 11 is 0. The Kier molecular flexibility index (Phi) is 3.45. The van der Waals surface area contributed by atoms with Crippen LogP contribution in [-0.2, 0) is 0 Å². The number of hydrogen-bond acceptors (Lipinski definition) is 0. The predicted molar refractivity (Wildman–Crippen MR) is 69.1 cm³/mol. The first-order valence-corrected chi connectivity index (χ1v) is 6.08. The van der Waals surface area contributed by atoms with E-state index in [-0.39, 0.29) is 0 Å². The van der Waals surface area contributed by atoms with E-state index in [4.69, 9.17) is 0 Å². The molecule has 0 unspecified atom stereocenters. The van der Waals surface area contributed by atoms with Crippen LogP contribution in [0, 0.1) is 0 Å². The van der Waals surface area contributed by atoms with Gasteiger partial charge < -0.3 is 4.57 Å². The lowest BCUT2D eigenvalue weighted by atomic mass is 9.94. The number of benzene rings is 1. The Morgan fingerprint density at radius 1 is 0.938 bits per heavy atom. The van der Waals surface area contributed by atoms with Crippen molar-refractivity contribution in [3.63, 3.8) is 0 Å². The van der Waals surface area contributed by atoms with Crippen molar-refractivity contribution in [2.45, 2.75) is 32.6 Å². The minimum atomic E-state index is 0.707. The molecule has 0 radical (unpaired) electrons. The van der Waals surface area contributed by atoms with Crippen LogP contribution in [-0.4, -0.2) is 4.57 Å². The van der Waals surface area contributed by atoms with Gasteiger partial charge in [0.2, 0.25) is 0 Å². The van der Waals surface area contributed by atoms with Crippen molar-refractivity contribution in [3.8, 4) is 5.69 Å². The van der Waals surface area contributed by atoms with Gasteiger partial charge in [0.05, 0.1) is 0 Å². The predicted octanol–water partition coefficient (Wildman–Crippen LogP) is 4.38. The molecule has 0 saturated heterocycles. The molecule has 16 heavy (non-hydrogen) atoms. The molecule has 0 aliphatic heterocycles. The standard InChI is InChI=1S/C15H19N/c1-3-13(4-2)14-7-9-15(10-8-14)16-11-5-6-12-16/h5-13H,3-4H2,1-2H3. The van der Waals surface area contributed by atoms with Gasteiger partial charge in [-0.3, -0.25) is 0 Å². The molecule has 0 fully saturated rings. The Labute approximate surface area is 97.7 Å². The molecule has 0 aliphatic carbocycles. The summed E-state index contributed by atoms with van der Waals surface area (Å²) in [5.74, 6) is 0.707. The van der Waals surface area contributed by atoms with E-state index in [0.29, 0.717) is 5.92 Å². The Morgan fingerprint density at radius 3 is 2.00 bits per heavy atom. The third kappa shape index (κ3) is 2.19. The third-order valence-electron chi connectivity index (χ3n) is 3.25. The highest BCUT2D eigenvalue weighted by Gasteiger charge is 2.06. The van der Waals surface area contributed by atoms with E-state index in [0.717, 1.165) is 0 Å². The van der Waals surface area contributed by atoms with Crippen LogP contribution in [0.5, 0.6) is 0 Å². The van der Waals surface area contributed by atoms with Gasteiger partial charge in [-0.05, 0) is 48.6 Å². The smallest absolute Gasteiger partial charge is 0.0449 e. The van der Waals surface area contributed by atoms with E-state index in [1.54, 1.807) is 0 Å². The quantitative estimate of drug-likeness (QED) is 0.710. The highest BCUT2D eigenvalue weighted by atomic mass is 14.9. The molecular weight excluding hydrogens is 194 g/mol. The molecule has 0 spiro atoms. The monoisotopic (exact) mass is 213 g/mol. The number of nitrogens with zero attached hydrogens (tertiary/aromatic N) is 1. The molecule has 0 atom stereocenters. The van der Waals surface area contributed by atoms with Gasteiger partial charge in [0.25, 0.3) is 0 Å². The molecule has 0 amide bonds. The molecule has 1 aromatic carbocycles. The summed E-state index contributed by atoms with van der Waals surface area (Å²) in [5.41, 5.74) is 2.70. The summed E-state index contributed by atoms with van der Waals surface area (Å²) in [4.78, 5) is 0. The second-order valence-electron chi connectivity index (χ2n) is 4.20. The topological polar surface area (TPSA) is 4.93 Å². The maximum Gasteiger partial charge on any atom is 0.0449 e. The molecule has 2 aromatic rings. The largest absolute Gasteiger partial charge is 0.324 e. The fraction of sp³-hybridized carbons (Fsp3) is 0.333. The summed E-state index contributed by atoms with van der Waals surface area (Å²) in [6.07, 6.45) is 6.59. The van der Waals surface area contributed by atoms with Gasteiger partial charge in [-0.1, -0.05) is 26.0 Å². The van der Waals surface area contributed by atoms with Gasteiger partial charge in [-0.25, -0.2) is 0 Å². The summed E-state index contributed by atoms with van der Waals surface area (Å²) in [5, 5.41) is 0. The molecule has 0 bridgehead atoms. The minimum Gasteiger partial charge on any atom is -0.324 e. The Hall–Kier alpha value is -1.50. The van der Waals surface area contributed by atoms with Gasteiger partial charge in [-0.2, -0.15) is 0 Å². The van der Waals surface area contributed by atoms with Crippen molar-refractivity contribution in [2.24, 2.45) is 0 Å². The molecule has 2 rings (SSSR count). The van der Waals surface area contributed by atoms with Crippen molar-refractivity contribution in [1.82, 2.24) is 4.57 Å². The van der Waals surface area contributed by atoms with Crippen LogP contribution < -0.4 is 0 Å². The van der Waals surface area contributed by atoms with Crippen molar-refractivity contribution >= 4 is 0 Å². The van der Waals surface area contributed by atoms with E-state index in [9.17, 15) is 0 Å². The maximum absolute atomic E-state index is 2.26. The van der Waals surface area contributed by atoms with Crippen LogP contribution in [0.3, 0.4) is 0 Å². The number of rotatable bonds is 4. The normalized spacial score (nSPS) is 10.9. The molecule has 1 aromatic heterocycles. The van der Waals surface area contributed by atoms with Crippen molar-refractivity contribution < 1.29 is 0 Å². The van der Waals surface area contributed by atoms with E-state index >= 15 is 0 Å². The molecule has 1 nitrogen and oxygen atoms in total. The summed E-state index contributed by atoms with van der Waals surface area (Å²) in [7, 11) is 0. The van der Waals surface area contributed by atoms with Crippen LogP contribution in [0.2, 0.25) is 0 Å². The zero-order valence-electron chi connectivity index (χ0n) is 10.1. The van der Waals surface area contributed by atoms with Crippen molar-refractivity contribution in [3.05, 3.63) is 54.4 Å². The zero-order chi connectivity index (χ0) is 11.4. The number of aromatic nitrogens is 1. The average molecular weight is 213 g/mol. The highest BCUT2D eigenvalue weighted by Crippen LogP contribution is 2.23. The highest BCUT2D eigenvalue weighted by molar-refractivity contribution is 5.36. The molecule has 0 N–H and O–H groups in total. The van der Waals surface area contributed by atoms with Crippen LogP contribution in [0.1, 0.15) is 38.2 Å². The van der Waals surface area contributed by atoms with Crippen LogP contribution >= 0.6 is 0 Å². The SMILES string of the molecule is CCC(CC)c1ccc(-n2cccc2)cc1. The number of hydrogen-bond donors (Lipinski definition) is 0. The summed E-state index contributed by atoms with van der Waals surface area (Å²) in [6, 6.07) is 13.0. The van der Waals surface area contributed by atoms with Crippen LogP contribution in [0.25, 0.3) is 5.69 Å². The van der Waals surface area contributed by atoms with Gasteiger partial charge in [-0.15, -0.1) is 0 Å². The molecule has 1 heteroatoms. The maximum atomic E-state index is 2.26. The Morgan fingerprint density at radius 2 is 1.50 bits per heavy atom. The fourth-order valence-corrected chi connectivity index (χ4v) is 2.19. The third-order valence-corrected chi connectivity index (χ3v) is 3.25. The molecule has 84 valence electrons. The summed E-state index contributed by atoms with van der Waals surface area (Å²) < 4.78 is 2.14. The lowest BCUT2D eigenvalue weighted by Gasteiger charge is -2.13. The molecule has 0 aliphatic rings. The minimum absolute atomic E-state index is 0.707. The van der Waals surface area contributed by atoms with Crippen LogP contribution in [0.15, 0.2) is 48.8 Å². The Balaban J connectivity index is 2.22. The van der Waals surface area contributed by atoms with Gasteiger partial charge >= 0.3 is 0 Å². The van der Waals surface area contributed by atoms with E-state index in [2.05, 4.69) is 67.2 Å². The molecule has 0 saturated carbocycles. The lowest BCUT2D eigenvalue weighted by Crippen LogP contribution is -1.96. The van der Waals surface area contributed by atoms with E-state index in [1.165, 1.54) is 24.1 Å². The second-order valence-corrected chi connectivity index (χ2v) is 4.20. The average Bonchev–Trinajstić information content (AvgIpc) is 2.85. The zero-order valence-corrected chi connectivity index (χ0v) is 10.1. The van der Waals surface area contributed by atoms with Crippen molar-refractivity contribution in [2.75, 3.05) is 0 Å². The second kappa shape index (κ2) is 5.02. The molecule has 1 heterocycles. The van der Waals surface area contributed by atoms with Gasteiger partial charge in [0.1, 0.15) is 0 Å². The first-order chi connectivity index (χ1) is 7.85. The van der Waals surface area contributed by atoms with Crippen molar-refractivity contribution in [1.29, 1.82) is 0 Å². The molecular formula is C15H19N.